The van der Waals surface area contributed by atoms with Gasteiger partial charge in [-0.3, -0.25) is 19.3 Å². The Morgan fingerprint density at radius 2 is 1.97 bits per heavy atom. The minimum absolute atomic E-state index is 0.131. The summed E-state index contributed by atoms with van der Waals surface area (Å²) in [6, 6.07) is 9.03. The van der Waals surface area contributed by atoms with Crippen LogP contribution in [0.15, 0.2) is 47.4 Å². The summed E-state index contributed by atoms with van der Waals surface area (Å²) < 4.78 is 0.360. The molecule has 1 saturated heterocycles. The molecule has 2 N–H and O–H groups in total. The first-order valence-corrected chi connectivity index (χ1v) is 10.6. The van der Waals surface area contributed by atoms with Crippen LogP contribution in [0.4, 0.5) is 0 Å². The molecule has 1 heterocycles. The first-order valence-electron chi connectivity index (χ1n) is 9.38. The van der Waals surface area contributed by atoms with Gasteiger partial charge in [-0.25, -0.2) is 0 Å². The van der Waals surface area contributed by atoms with Crippen molar-refractivity contribution in [3.8, 4) is 0 Å². The van der Waals surface area contributed by atoms with Crippen LogP contribution in [-0.2, 0) is 14.4 Å². The van der Waals surface area contributed by atoms with E-state index in [4.69, 9.17) is 17.3 Å². The predicted molar refractivity (Wildman–Crippen MR) is 119 cm³/mol. The lowest BCUT2D eigenvalue weighted by Crippen LogP contribution is -2.47. The normalized spacial score (nSPS) is 16.6. The summed E-state index contributed by atoms with van der Waals surface area (Å²) in [7, 11) is 0. The summed E-state index contributed by atoms with van der Waals surface area (Å²) in [6.45, 7) is 2.08. The molecule has 154 valence electrons. The number of thiocarbonyl (C=S) groups is 1. The van der Waals surface area contributed by atoms with Crippen molar-refractivity contribution in [3.63, 3.8) is 0 Å². The fourth-order valence-electron chi connectivity index (χ4n) is 2.69. The van der Waals surface area contributed by atoms with Crippen LogP contribution in [0.2, 0.25) is 0 Å². The minimum atomic E-state index is -0.816. The molecule has 1 aliphatic rings. The van der Waals surface area contributed by atoms with Crippen LogP contribution >= 0.6 is 24.0 Å². The Morgan fingerprint density at radius 3 is 2.66 bits per heavy atom. The maximum absolute atomic E-state index is 12.7. The number of hydrogen-bond acceptors (Lipinski definition) is 5. The van der Waals surface area contributed by atoms with Crippen molar-refractivity contribution >= 4 is 52.2 Å². The molecule has 2 rings (SSSR count). The Labute approximate surface area is 180 Å². The number of nitrogens with zero attached hydrogens (tertiary/aromatic N) is 1. The minimum Gasteiger partial charge on any atom is -0.481 e. The first kappa shape index (κ1) is 22.8. The van der Waals surface area contributed by atoms with Crippen LogP contribution < -0.4 is 5.32 Å². The summed E-state index contributed by atoms with van der Waals surface area (Å²) in [5.41, 5.74) is 1.02. The number of rotatable bonds is 10. The van der Waals surface area contributed by atoms with E-state index in [2.05, 4.69) is 5.32 Å². The molecule has 6 nitrogen and oxygen atoms in total. The number of amides is 2. The third kappa shape index (κ3) is 7.14. The van der Waals surface area contributed by atoms with E-state index < -0.39 is 12.0 Å². The molecular weight excluding hydrogens is 408 g/mol. The van der Waals surface area contributed by atoms with E-state index in [1.807, 2.05) is 36.4 Å². The molecule has 1 unspecified atom stereocenters. The van der Waals surface area contributed by atoms with Gasteiger partial charge in [0.1, 0.15) is 10.4 Å². The summed E-state index contributed by atoms with van der Waals surface area (Å²) in [5, 5.41) is 11.4. The Kier molecular flexibility index (Phi) is 9.08. The zero-order valence-electron chi connectivity index (χ0n) is 16.2. The number of unbranched alkanes of at least 4 members (excludes halogenated alkanes) is 2. The Morgan fingerprint density at radius 1 is 1.24 bits per heavy atom. The molecule has 1 aromatic carbocycles. The molecule has 0 saturated carbocycles. The van der Waals surface area contributed by atoms with Gasteiger partial charge in [-0.1, -0.05) is 72.9 Å². The second-order valence-electron chi connectivity index (χ2n) is 6.52. The molecular formula is C21H24N2O4S2. The van der Waals surface area contributed by atoms with Crippen LogP contribution in [0.1, 0.15) is 38.2 Å². The summed E-state index contributed by atoms with van der Waals surface area (Å²) in [6.07, 6.45) is 7.52. The number of carboxylic acids is 1. The summed E-state index contributed by atoms with van der Waals surface area (Å²) in [5.74, 6) is -1.37. The van der Waals surface area contributed by atoms with E-state index in [1.54, 1.807) is 19.1 Å². The fraction of sp³-hybridized carbons (Fsp3) is 0.333. The van der Waals surface area contributed by atoms with Crippen molar-refractivity contribution in [2.75, 3.05) is 6.54 Å². The van der Waals surface area contributed by atoms with Crippen LogP contribution in [-0.4, -0.2) is 44.7 Å². The van der Waals surface area contributed by atoms with E-state index in [-0.39, 0.29) is 18.2 Å². The van der Waals surface area contributed by atoms with Gasteiger partial charge >= 0.3 is 5.97 Å². The molecule has 0 spiro atoms. The summed E-state index contributed by atoms with van der Waals surface area (Å²) >= 11 is 6.48. The molecule has 1 aliphatic heterocycles. The molecule has 0 bridgehead atoms. The number of allylic oxidation sites excluding steroid dienone is 2. The number of carboxylic acid groups (broad SMARTS) is 1. The van der Waals surface area contributed by atoms with E-state index in [1.165, 1.54) is 16.7 Å². The van der Waals surface area contributed by atoms with E-state index in [9.17, 15) is 14.4 Å². The van der Waals surface area contributed by atoms with Crippen molar-refractivity contribution in [2.45, 2.75) is 38.6 Å². The highest BCUT2D eigenvalue weighted by Gasteiger charge is 2.37. The largest absolute Gasteiger partial charge is 0.481 e. The van der Waals surface area contributed by atoms with Gasteiger partial charge in [0.2, 0.25) is 5.91 Å². The van der Waals surface area contributed by atoms with Crippen molar-refractivity contribution < 1.29 is 19.5 Å². The van der Waals surface area contributed by atoms with Gasteiger partial charge in [0, 0.05) is 13.0 Å². The van der Waals surface area contributed by atoms with E-state index >= 15 is 0 Å². The number of thioether (sulfide) groups is 1. The maximum Gasteiger partial charge on any atom is 0.303 e. The Balaban J connectivity index is 1.86. The highest BCUT2D eigenvalue weighted by atomic mass is 32.2. The SMILES string of the molecule is CC(C(=O)NCCCCCC(=O)O)N1C(=O)/C(=C/C=C/c2ccccc2)SC1=S. The first-order chi connectivity index (χ1) is 13.9. The maximum atomic E-state index is 12.7. The average Bonchev–Trinajstić information content (AvgIpc) is 2.97. The quantitative estimate of drug-likeness (QED) is 0.334. The van der Waals surface area contributed by atoms with E-state index in [0.717, 1.165) is 12.0 Å². The second-order valence-corrected chi connectivity index (χ2v) is 8.19. The van der Waals surface area contributed by atoms with Crippen molar-refractivity contribution in [1.29, 1.82) is 0 Å². The zero-order valence-corrected chi connectivity index (χ0v) is 17.8. The smallest absolute Gasteiger partial charge is 0.303 e. The number of benzene rings is 1. The second kappa shape index (κ2) is 11.5. The highest BCUT2D eigenvalue weighted by Crippen LogP contribution is 2.32. The standard InChI is InChI=1S/C21H24N2O4S2/c1-15(19(26)22-14-7-3-6-13-18(24)25)23-20(27)17(29-21(23)28)12-8-11-16-9-4-2-5-10-16/h2,4-5,8-12,15H,3,6-7,13-14H2,1H3,(H,22,26)(H,24,25)/b11-8+,17-12-. The number of carbonyl (C=O) groups excluding carboxylic acids is 2. The Hall–Kier alpha value is -2.45. The molecule has 0 aliphatic carbocycles. The molecule has 8 heteroatoms. The van der Waals surface area contributed by atoms with Crippen LogP contribution in [0, 0.1) is 0 Å². The highest BCUT2D eigenvalue weighted by molar-refractivity contribution is 8.26. The molecule has 0 radical (unpaired) electrons. The van der Waals surface area contributed by atoms with Gasteiger partial charge in [-0.05, 0) is 31.4 Å². The predicted octanol–water partition coefficient (Wildman–Crippen LogP) is 3.59. The fourth-order valence-corrected chi connectivity index (χ4v) is 4.06. The van der Waals surface area contributed by atoms with Gasteiger partial charge in [0.15, 0.2) is 0 Å². The van der Waals surface area contributed by atoms with Gasteiger partial charge in [0.25, 0.3) is 5.91 Å². The molecule has 0 aromatic heterocycles. The molecule has 1 fully saturated rings. The van der Waals surface area contributed by atoms with Gasteiger partial charge < -0.3 is 10.4 Å². The lowest BCUT2D eigenvalue weighted by molar-refractivity contribution is -0.137. The lowest BCUT2D eigenvalue weighted by atomic mass is 10.2. The third-order valence-electron chi connectivity index (χ3n) is 4.29. The molecule has 2 amide bonds. The van der Waals surface area contributed by atoms with Crippen LogP contribution in [0.25, 0.3) is 6.08 Å². The van der Waals surface area contributed by atoms with E-state index in [0.29, 0.717) is 28.6 Å². The van der Waals surface area contributed by atoms with Gasteiger partial charge in [-0.2, -0.15) is 0 Å². The number of carbonyl (C=O) groups is 3. The topological polar surface area (TPSA) is 86.7 Å². The number of hydrogen-bond donors (Lipinski definition) is 2. The molecule has 29 heavy (non-hydrogen) atoms. The monoisotopic (exact) mass is 432 g/mol. The zero-order chi connectivity index (χ0) is 21.2. The van der Waals surface area contributed by atoms with Crippen molar-refractivity contribution in [1.82, 2.24) is 10.2 Å². The molecule has 1 atom stereocenters. The van der Waals surface area contributed by atoms with Gasteiger partial charge in [-0.15, -0.1) is 0 Å². The molecule has 1 aromatic rings. The lowest BCUT2D eigenvalue weighted by Gasteiger charge is -2.22. The van der Waals surface area contributed by atoms with Crippen LogP contribution in [0.5, 0.6) is 0 Å². The van der Waals surface area contributed by atoms with Crippen molar-refractivity contribution in [2.24, 2.45) is 0 Å². The number of nitrogens with one attached hydrogen (secondary N) is 1. The average molecular weight is 433 g/mol. The van der Waals surface area contributed by atoms with Crippen molar-refractivity contribution in [3.05, 3.63) is 53.0 Å². The Bertz CT molecular complexity index is 821. The van der Waals surface area contributed by atoms with Gasteiger partial charge in [0.05, 0.1) is 4.91 Å². The van der Waals surface area contributed by atoms with Crippen LogP contribution in [0.3, 0.4) is 0 Å². The third-order valence-corrected chi connectivity index (χ3v) is 5.64. The number of aliphatic carboxylic acids is 1. The summed E-state index contributed by atoms with van der Waals surface area (Å²) in [4.78, 5) is 37.3.